The first kappa shape index (κ1) is 9.18. The fourth-order valence-corrected chi connectivity index (χ4v) is 3.10. The van der Waals surface area contributed by atoms with Gasteiger partial charge in [0.25, 0.3) is 0 Å². The smallest absolute Gasteiger partial charge is 0.0201 e. The lowest BCUT2D eigenvalue weighted by Crippen LogP contribution is -2.01. The van der Waals surface area contributed by atoms with E-state index >= 15 is 0 Å². The Bertz CT molecular complexity index is 123. The van der Waals surface area contributed by atoms with Crippen molar-refractivity contribution < 1.29 is 0 Å². The molecule has 0 saturated heterocycles. The van der Waals surface area contributed by atoms with E-state index in [4.69, 9.17) is 0 Å². The van der Waals surface area contributed by atoms with Crippen LogP contribution < -0.4 is 0 Å². The molecule has 1 heteroatoms. The number of rotatable bonds is 3. The summed E-state index contributed by atoms with van der Waals surface area (Å²) in [4.78, 5) is 0. The largest absolute Gasteiger partial charge is 0.151 e. The average Bonchev–Trinajstić information content (AvgIpc) is 2.40. The minimum absolute atomic E-state index is 0.725. The highest BCUT2D eigenvalue weighted by atomic mass is 32.2. The van der Waals surface area contributed by atoms with Crippen molar-refractivity contribution in [3.63, 3.8) is 0 Å². The first-order chi connectivity index (χ1) is 5.33. The number of allylic oxidation sites excluding steroid dienone is 1. The summed E-state index contributed by atoms with van der Waals surface area (Å²) in [6, 6.07) is 0. The van der Waals surface area contributed by atoms with E-state index in [1.165, 1.54) is 25.7 Å². The lowest BCUT2D eigenvalue weighted by atomic mass is 10.4. The molecule has 1 fully saturated rings. The first-order valence-electron chi connectivity index (χ1n) is 4.61. The summed E-state index contributed by atoms with van der Waals surface area (Å²) < 4.78 is 0. The van der Waals surface area contributed by atoms with Crippen molar-refractivity contribution >= 4 is 11.8 Å². The summed E-state index contributed by atoms with van der Waals surface area (Å²) in [5, 5.41) is 1.68. The van der Waals surface area contributed by atoms with Crippen molar-refractivity contribution in [3.8, 4) is 0 Å². The van der Waals surface area contributed by atoms with Crippen LogP contribution in [0.2, 0.25) is 0 Å². The molecular weight excluding hydrogens is 152 g/mol. The molecule has 1 unspecified atom stereocenters. The fourth-order valence-electron chi connectivity index (χ4n) is 1.64. The maximum atomic E-state index is 2.29. The van der Waals surface area contributed by atoms with E-state index in [2.05, 4.69) is 37.8 Å². The molecule has 1 atom stereocenters. The second-order valence-corrected chi connectivity index (χ2v) is 4.96. The van der Waals surface area contributed by atoms with Crippen LogP contribution in [0.4, 0.5) is 0 Å². The number of hydrogen-bond acceptors (Lipinski definition) is 1. The zero-order chi connectivity index (χ0) is 8.10. The van der Waals surface area contributed by atoms with Crippen LogP contribution >= 0.6 is 11.8 Å². The molecule has 0 spiro atoms. The summed E-state index contributed by atoms with van der Waals surface area (Å²) in [6.07, 6.45) is 10.3. The Kier molecular flexibility index (Phi) is 4.06. The molecule has 0 bridgehead atoms. The van der Waals surface area contributed by atoms with E-state index in [9.17, 15) is 0 Å². The molecule has 11 heavy (non-hydrogen) atoms. The minimum atomic E-state index is 0.725. The molecule has 0 radical (unpaired) electrons. The van der Waals surface area contributed by atoms with Crippen molar-refractivity contribution in [3.05, 3.63) is 12.2 Å². The van der Waals surface area contributed by atoms with Crippen molar-refractivity contribution in [1.29, 1.82) is 0 Å². The predicted octanol–water partition coefficient (Wildman–Crippen LogP) is 3.63. The van der Waals surface area contributed by atoms with Gasteiger partial charge in [-0.1, -0.05) is 25.0 Å². The molecule has 0 N–H and O–H groups in total. The van der Waals surface area contributed by atoms with Crippen LogP contribution in [-0.4, -0.2) is 10.5 Å². The predicted molar refractivity (Wildman–Crippen MR) is 54.1 cm³/mol. The highest BCUT2D eigenvalue weighted by Crippen LogP contribution is 2.32. The van der Waals surface area contributed by atoms with Crippen molar-refractivity contribution in [2.45, 2.75) is 50.0 Å². The van der Waals surface area contributed by atoms with E-state index in [0.29, 0.717) is 0 Å². The molecule has 0 aromatic carbocycles. The third kappa shape index (κ3) is 3.33. The van der Waals surface area contributed by atoms with Crippen LogP contribution in [0, 0.1) is 0 Å². The summed E-state index contributed by atoms with van der Waals surface area (Å²) in [5.74, 6) is 0. The van der Waals surface area contributed by atoms with E-state index < -0.39 is 0 Å². The fraction of sp³-hybridized carbons (Fsp3) is 0.800. The number of thioether (sulfide) groups is 1. The normalized spacial score (nSPS) is 23.1. The van der Waals surface area contributed by atoms with E-state index in [0.717, 1.165) is 10.5 Å². The van der Waals surface area contributed by atoms with Gasteiger partial charge in [-0.3, -0.25) is 0 Å². The Morgan fingerprint density at radius 3 is 2.55 bits per heavy atom. The van der Waals surface area contributed by atoms with Gasteiger partial charge in [-0.25, -0.2) is 0 Å². The molecule has 0 heterocycles. The van der Waals surface area contributed by atoms with Crippen LogP contribution in [0.15, 0.2) is 12.2 Å². The molecule has 1 rings (SSSR count). The number of hydrogen-bond donors (Lipinski definition) is 0. The topological polar surface area (TPSA) is 0 Å². The quantitative estimate of drug-likeness (QED) is 0.583. The van der Waals surface area contributed by atoms with Gasteiger partial charge in [0.2, 0.25) is 0 Å². The maximum Gasteiger partial charge on any atom is 0.0201 e. The third-order valence-electron chi connectivity index (χ3n) is 2.17. The summed E-state index contributed by atoms with van der Waals surface area (Å²) in [7, 11) is 0. The second-order valence-electron chi connectivity index (χ2n) is 3.27. The van der Waals surface area contributed by atoms with Crippen LogP contribution in [0.1, 0.15) is 39.5 Å². The van der Waals surface area contributed by atoms with Gasteiger partial charge in [0.1, 0.15) is 0 Å². The van der Waals surface area contributed by atoms with Gasteiger partial charge in [0.15, 0.2) is 0 Å². The van der Waals surface area contributed by atoms with E-state index in [1.807, 2.05) is 0 Å². The molecule has 0 aromatic heterocycles. The zero-order valence-electron chi connectivity index (χ0n) is 7.55. The lowest BCUT2D eigenvalue weighted by molar-refractivity contribution is 0.886. The van der Waals surface area contributed by atoms with Gasteiger partial charge in [0, 0.05) is 10.5 Å². The molecule has 1 aliphatic rings. The van der Waals surface area contributed by atoms with Crippen LogP contribution in [0.3, 0.4) is 0 Å². The van der Waals surface area contributed by atoms with Gasteiger partial charge in [-0.15, -0.1) is 0 Å². The molecule has 64 valence electrons. The SMILES string of the molecule is CC=CC(C)SC1CCCC1. The van der Waals surface area contributed by atoms with Crippen molar-refractivity contribution in [2.24, 2.45) is 0 Å². The van der Waals surface area contributed by atoms with Gasteiger partial charge in [-0.05, 0) is 26.7 Å². The minimum Gasteiger partial charge on any atom is -0.151 e. The molecule has 1 saturated carbocycles. The Morgan fingerprint density at radius 1 is 1.36 bits per heavy atom. The molecule has 0 nitrogen and oxygen atoms in total. The Hall–Kier alpha value is 0.0900. The average molecular weight is 170 g/mol. The molecular formula is C10H18S. The first-order valence-corrected chi connectivity index (χ1v) is 5.55. The van der Waals surface area contributed by atoms with Crippen molar-refractivity contribution in [1.82, 2.24) is 0 Å². The van der Waals surface area contributed by atoms with Crippen LogP contribution in [-0.2, 0) is 0 Å². The molecule has 0 amide bonds. The molecule has 0 aliphatic heterocycles. The highest BCUT2D eigenvalue weighted by molar-refractivity contribution is 8.00. The van der Waals surface area contributed by atoms with E-state index in [1.54, 1.807) is 0 Å². The Balaban J connectivity index is 2.18. The lowest BCUT2D eigenvalue weighted by Gasteiger charge is -2.11. The van der Waals surface area contributed by atoms with Gasteiger partial charge in [-0.2, -0.15) is 11.8 Å². The third-order valence-corrected chi connectivity index (χ3v) is 3.62. The van der Waals surface area contributed by atoms with Gasteiger partial charge >= 0.3 is 0 Å². The monoisotopic (exact) mass is 170 g/mol. The van der Waals surface area contributed by atoms with E-state index in [-0.39, 0.29) is 0 Å². The van der Waals surface area contributed by atoms with Gasteiger partial charge < -0.3 is 0 Å². The summed E-state index contributed by atoms with van der Waals surface area (Å²) in [6.45, 7) is 4.40. The maximum absolute atomic E-state index is 2.29. The Labute approximate surface area is 74.5 Å². The summed E-state index contributed by atoms with van der Waals surface area (Å²) >= 11 is 2.14. The zero-order valence-corrected chi connectivity index (χ0v) is 8.36. The van der Waals surface area contributed by atoms with Crippen LogP contribution in [0.25, 0.3) is 0 Å². The second kappa shape index (κ2) is 4.87. The van der Waals surface area contributed by atoms with Crippen LogP contribution in [0.5, 0.6) is 0 Å². The van der Waals surface area contributed by atoms with Crippen molar-refractivity contribution in [2.75, 3.05) is 0 Å². The standard InChI is InChI=1S/C10H18S/c1-3-6-9(2)11-10-7-4-5-8-10/h3,6,9-10H,4-5,7-8H2,1-2H3. The molecule has 1 aliphatic carbocycles. The molecule has 0 aromatic rings. The summed E-state index contributed by atoms with van der Waals surface area (Å²) in [5.41, 5.74) is 0. The Morgan fingerprint density at radius 2 is 2.00 bits per heavy atom. The van der Waals surface area contributed by atoms with Gasteiger partial charge in [0.05, 0.1) is 0 Å². The highest BCUT2D eigenvalue weighted by Gasteiger charge is 2.16.